The molecule has 0 spiro atoms. The van der Waals surface area contributed by atoms with Gasteiger partial charge in [-0.2, -0.15) is 20.4 Å². The first-order valence-corrected chi connectivity index (χ1v) is 8.64. The molecular weight excluding hydrogens is 328 g/mol. The lowest BCUT2D eigenvalue weighted by Gasteiger charge is -2.30. The third-order valence-electron chi connectivity index (χ3n) is 4.68. The molecule has 0 amide bonds. The Balaban J connectivity index is 1.36. The lowest BCUT2D eigenvalue weighted by Crippen LogP contribution is -2.32. The van der Waals surface area contributed by atoms with Gasteiger partial charge >= 0.3 is 0 Å². The van der Waals surface area contributed by atoms with Crippen molar-refractivity contribution in [2.45, 2.75) is 25.3 Å². The van der Waals surface area contributed by atoms with Crippen molar-refractivity contribution < 1.29 is 4.52 Å². The Bertz CT molecular complexity index is 909. The van der Waals surface area contributed by atoms with Crippen LogP contribution in [-0.4, -0.2) is 38.3 Å². The van der Waals surface area contributed by atoms with E-state index in [4.69, 9.17) is 9.78 Å². The van der Waals surface area contributed by atoms with E-state index in [1.54, 1.807) is 12.4 Å². The van der Waals surface area contributed by atoms with Gasteiger partial charge in [0.1, 0.15) is 0 Å². The Hall–Kier alpha value is -3.11. The molecule has 2 aromatic heterocycles. The Morgan fingerprint density at radius 3 is 2.85 bits per heavy atom. The first kappa shape index (κ1) is 16.4. The van der Waals surface area contributed by atoms with E-state index in [1.165, 1.54) is 5.56 Å². The average Bonchev–Trinajstić information content (AvgIpc) is 3.20. The van der Waals surface area contributed by atoms with Crippen LogP contribution in [0.3, 0.4) is 0 Å². The number of aromatic nitrogens is 4. The third kappa shape index (κ3) is 3.60. The maximum Gasteiger partial charge on any atom is 0.230 e. The minimum Gasteiger partial charge on any atom is -0.339 e. The molecule has 1 fully saturated rings. The molecule has 0 aliphatic carbocycles. The molecule has 4 rings (SSSR count). The minimum absolute atomic E-state index is 0.285. The molecule has 0 bridgehead atoms. The van der Waals surface area contributed by atoms with Gasteiger partial charge in [0, 0.05) is 18.0 Å². The summed E-state index contributed by atoms with van der Waals surface area (Å²) in [6.45, 7) is 2.80. The highest BCUT2D eigenvalue weighted by Gasteiger charge is 2.25. The van der Waals surface area contributed by atoms with Crippen LogP contribution in [-0.2, 0) is 6.54 Å². The number of hydrogen-bond donors (Lipinski definition) is 0. The summed E-state index contributed by atoms with van der Waals surface area (Å²) in [5, 5.41) is 20.7. The smallest absolute Gasteiger partial charge is 0.230 e. The summed E-state index contributed by atoms with van der Waals surface area (Å²) in [7, 11) is 0. The van der Waals surface area contributed by atoms with Crippen molar-refractivity contribution in [3.05, 3.63) is 59.7 Å². The molecule has 130 valence electrons. The predicted molar refractivity (Wildman–Crippen MR) is 93.7 cm³/mol. The van der Waals surface area contributed by atoms with E-state index >= 15 is 0 Å². The fourth-order valence-electron chi connectivity index (χ4n) is 3.28. The summed E-state index contributed by atoms with van der Waals surface area (Å²) in [5.74, 6) is 1.54. The number of piperidine rings is 1. The van der Waals surface area contributed by atoms with Gasteiger partial charge in [0.25, 0.3) is 0 Å². The van der Waals surface area contributed by atoms with Gasteiger partial charge in [0.15, 0.2) is 0 Å². The second-order valence-corrected chi connectivity index (χ2v) is 6.45. The van der Waals surface area contributed by atoms with Crippen LogP contribution in [0.4, 0.5) is 0 Å². The van der Waals surface area contributed by atoms with Gasteiger partial charge in [-0.3, -0.25) is 4.90 Å². The van der Waals surface area contributed by atoms with E-state index in [1.807, 2.05) is 24.3 Å². The number of likely N-dealkylation sites (tertiary alicyclic amines) is 1. The second kappa shape index (κ2) is 7.42. The molecule has 0 saturated carbocycles. The molecular formula is C19H18N6O. The zero-order valence-electron chi connectivity index (χ0n) is 14.2. The van der Waals surface area contributed by atoms with Gasteiger partial charge in [0.05, 0.1) is 24.0 Å². The third-order valence-corrected chi connectivity index (χ3v) is 4.68. The Morgan fingerprint density at radius 2 is 2.08 bits per heavy atom. The monoisotopic (exact) mass is 346 g/mol. The molecule has 0 unspecified atom stereocenters. The Labute approximate surface area is 151 Å². The summed E-state index contributed by atoms with van der Waals surface area (Å²) in [6, 6.07) is 11.8. The minimum atomic E-state index is 0.285. The van der Waals surface area contributed by atoms with Crippen LogP contribution in [0.2, 0.25) is 0 Å². The lowest BCUT2D eigenvalue weighted by atomic mass is 9.96. The van der Waals surface area contributed by atoms with E-state index in [0.717, 1.165) is 38.0 Å². The van der Waals surface area contributed by atoms with Gasteiger partial charge in [-0.25, -0.2) is 0 Å². The zero-order valence-corrected chi connectivity index (χ0v) is 14.2. The first-order chi connectivity index (χ1) is 12.8. The molecule has 7 heteroatoms. The molecule has 1 aliphatic heterocycles. The molecule has 1 saturated heterocycles. The van der Waals surface area contributed by atoms with Crippen LogP contribution in [0.5, 0.6) is 0 Å². The fraction of sp³-hybridized carbons (Fsp3) is 0.316. The van der Waals surface area contributed by atoms with Crippen LogP contribution in [0.1, 0.15) is 35.8 Å². The molecule has 0 N–H and O–H groups in total. The van der Waals surface area contributed by atoms with Crippen LogP contribution >= 0.6 is 0 Å². The van der Waals surface area contributed by atoms with E-state index in [-0.39, 0.29) is 5.92 Å². The van der Waals surface area contributed by atoms with E-state index < -0.39 is 0 Å². The zero-order chi connectivity index (χ0) is 17.8. The molecule has 0 atom stereocenters. The molecule has 3 aromatic rings. The van der Waals surface area contributed by atoms with Crippen molar-refractivity contribution in [3.8, 4) is 17.5 Å². The van der Waals surface area contributed by atoms with Crippen molar-refractivity contribution in [2.24, 2.45) is 0 Å². The van der Waals surface area contributed by atoms with Crippen molar-refractivity contribution in [3.63, 3.8) is 0 Å². The van der Waals surface area contributed by atoms with Crippen LogP contribution in [0.15, 0.2) is 47.2 Å². The van der Waals surface area contributed by atoms with Gasteiger partial charge in [-0.05, 0) is 49.7 Å². The number of nitrogens with zero attached hydrogens (tertiary/aromatic N) is 6. The average molecular weight is 346 g/mol. The molecule has 1 aliphatic rings. The standard InChI is InChI=1S/C19H18N6O/c20-11-14-2-1-3-15(10-14)13-25-8-5-16(6-9-25)19-23-18(24-26-19)17-4-7-21-22-12-17/h1-4,7,10,12,16H,5-6,8-9,13H2. The second-order valence-electron chi connectivity index (χ2n) is 6.45. The van der Waals surface area contributed by atoms with Crippen molar-refractivity contribution in [1.29, 1.82) is 5.26 Å². The number of rotatable bonds is 4. The maximum atomic E-state index is 9.02. The summed E-state index contributed by atoms with van der Waals surface area (Å²) < 4.78 is 5.48. The van der Waals surface area contributed by atoms with Crippen LogP contribution < -0.4 is 0 Å². The largest absolute Gasteiger partial charge is 0.339 e. The molecule has 26 heavy (non-hydrogen) atoms. The summed E-state index contributed by atoms with van der Waals surface area (Å²) in [6.07, 6.45) is 5.21. The Kier molecular flexibility index (Phi) is 4.67. The van der Waals surface area contributed by atoms with E-state index in [9.17, 15) is 0 Å². The van der Waals surface area contributed by atoms with Crippen molar-refractivity contribution in [2.75, 3.05) is 13.1 Å². The van der Waals surface area contributed by atoms with Gasteiger partial charge in [-0.15, -0.1) is 0 Å². The van der Waals surface area contributed by atoms with Gasteiger partial charge in [-0.1, -0.05) is 17.3 Å². The van der Waals surface area contributed by atoms with Crippen molar-refractivity contribution in [1.82, 2.24) is 25.2 Å². The highest BCUT2D eigenvalue weighted by molar-refractivity contribution is 5.51. The number of benzene rings is 1. The topological polar surface area (TPSA) is 91.7 Å². The van der Waals surface area contributed by atoms with Crippen LogP contribution in [0.25, 0.3) is 11.4 Å². The quantitative estimate of drug-likeness (QED) is 0.717. The fourth-order valence-corrected chi connectivity index (χ4v) is 3.28. The normalized spacial score (nSPS) is 15.7. The molecule has 3 heterocycles. The first-order valence-electron chi connectivity index (χ1n) is 8.64. The summed E-state index contributed by atoms with van der Waals surface area (Å²) in [5.41, 5.74) is 2.69. The summed E-state index contributed by atoms with van der Waals surface area (Å²) in [4.78, 5) is 6.94. The maximum absolute atomic E-state index is 9.02. The van der Waals surface area contributed by atoms with E-state index in [2.05, 4.69) is 37.4 Å². The highest BCUT2D eigenvalue weighted by Crippen LogP contribution is 2.29. The lowest BCUT2D eigenvalue weighted by molar-refractivity contribution is 0.187. The SMILES string of the molecule is N#Cc1cccc(CN2CCC(c3nc(-c4ccnnc4)no3)CC2)c1. The van der Waals surface area contributed by atoms with Crippen LogP contribution in [0, 0.1) is 11.3 Å². The molecule has 7 nitrogen and oxygen atoms in total. The van der Waals surface area contributed by atoms with Gasteiger partial charge < -0.3 is 4.52 Å². The van der Waals surface area contributed by atoms with Crippen molar-refractivity contribution >= 4 is 0 Å². The summed E-state index contributed by atoms with van der Waals surface area (Å²) >= 11 is 0. The Morgan fingerprint density at radius 1 is 1.19 bits per heavy atom. The predicted octanol–water partition coefficient (Wildman–Crippen LogP) is 2.78. The number of nitriles is 1. The van der Waals surface area contributed by atoms with Gasteiger partial charge in [0.2, 0.25) is 11.7 Å². The molecule has 1 aromatic carbocycles. The highest BCUT2D eigenvalue weighted by atomic mass is 16.5. The molecule has 0 radical (unpaired) electrons. The van der Waals surface area contributed by atoms with E-state index in [0.29, 0.717) is 17.3 Å². The number of hydrogen-bond acceptors (Lipinski definition) is 7.